The van der Waals surface area contributed by atoms with Crippen molar-refractivity contribution in [2.45, 2.75) is 37.1 Å². The molecule has 2 aliphatic rings. The first kappa shape index (κ1) is 21.9. The molecule has 0 radical (unpaired) electrons. The van der Waals surface area contributed by atoms with Crippen molar-refractivity contribution in [3.05, 3.63) is 63.5 Å². The number of hydrogen-bond donors (Lipinski definition) is 2. The Hall–Kier alpha value is -2.28. The van der Waals surface area contributed by atoms with Crippen molar-refractivity contribution >= 4 is 46.9 Å². The smallest absolute Gasteiger partial charge is 0.262 e. The van der Waals surface area contributed by atoms with Gasteiger partial charge >= 0.3 is 0 Å². The van der Waals surface area contributed by atoms with Crippen molar-refractivity contribution in [3.8, 4) is 0 Å². The number of likely N-dealkylation sites (tertiary alicyclic amines) is 1. The number of carbonyl (C=O) groups is 2. The van der Waals surface area contributed by atoms with Gasteiger partial charge in [0.2, 0.25) is 0 Å². The van der Waals surface area contributed by atoms with Crippen LogP contribution in [-0.4, -0.2) is 42.4 Å². The molecule has 1 saturated heterocycles. The predicted molar refractivity (Wildman–Crippen MR) is 128 cm³/mol. The van der Waals surface area contributed by atoms with Crippen molar-refractivity contribution in [3.63, 3.8) is 0 Å². The third kappa shape index (κ3) is 5.50. The maximum absolute atomic E-state index is 12.6. The monoisotopic (exact) mass is 455 g/mol. The van der Waals surface area contributed by atoms with E-state index in [2.05, 4.69) is 22.5 Å². The van der Waals surface area contributed by atoms with E-state index in [4.69, 9.17) is 11.6 Å². The van der Waals surface area contributed by atoms with Crippen LogP contribution >= 0.6 is 23.4 Å². The maximum atomic E-state index is 12.6. The number of hydrogen-bond acceptors (Lipinski definition) is 4. The molecule has 2 N–H and O–H groups in total. The number of nitrogens with one attached hydrogen (secondary N) is 2. The van der Waals surface area contributed by atoms with Gasteiger partial charge in [-0.1, -0.05) is 41.9 Å². The van der Waals surface area contributed by atoms with Gasteiger partial charge in [0.25, 0.3) is 11.8 Å². The summed E-state index contributed by atoms with van der Waals surface area (Å²) in [4.78, 5) is 29.1. The number of piperidine rings is 1. The molecule has 0 spiro atoms. The van der Waals surface area contributed by atoms with Crippen LogP contribution in [0.25, 0.3) is 6.08 Å². The lowest BCUT2D eigenvalue weighted by Crippen LogP contribution is -2.42. The van der Waals surface area contributed by atoms with Crippen LogP contribution < -0.4 is 10.6 Å². The van der Waals surface area contributed by atoms with Crippen LogP contribution in [0.5, 0.6) is 0 Å². The maximum Gasteiger partial charge on any atom is 0.262 e. The number of amides is 2. The molecule has 5 nitrogen and oxygen atoms in total. The quantitative estimate of drug-likeness (QED) is 0.621. The topological polar surface area (TPSA) is 61.4 Å². The molecule has 0 bridgehead atoms. The predicted octanol–water partition coefficient (Wildman–Crippen LogP) is 5.03. The minimum atomic E-state index is -0.186. The van der Waals surface area contributed by atoms with Crippen LogP contribution in [-0.2, 0) is 4.79 Å². The van der Waals surface area contributed by atoms with E-state index < -0.39 is 0 Å². The second kappa shape index (κ2) is 9.90. The summed E-state index contributed by atoms with van der Waals surface area (Å²) in [5, 5.41) is 6.54. The lowest BCUT2D eigenvalue weighted by molar-refractivity contribution is -0.112. The first-order chi connectivity index (χ1) is 15.0. The number of halogens is 1. The first-order valence-electron chi connectivity index (χ1n) is 10.6. The van der Waals surface area contributed by atoms with Crippen molar-refractivity contribution in [2.75, 3.05) is 25.0 Å². The van der Waals surface area contributed by atoms with Crippen LogP contribution in [0.3, 0.4) is 0 Å². The number of thioether (sulfide) groups is 1. The molecule has 1 fully saturated rings. The summed E-state index contributed by atoms with van der Waals surface area (Å²) in [6.07, 6.45) is 5.56. The van der Waals surface area contributed by atoms with Crippen molar-refractivity contribution in [1.82, 2.24) is 10.2 Å². The molecular formula is C24H26ClN3O2S. The molecule has 7 heteroatoms. The highest BCUT2D eigenvalue weighted by atomic mass is 35.5. The van der Waals surface area contributed by atoms with Crippen LogP contribution in [0.2, 0.25) is 5.02 Å². The lowest BCUT2D eigenvalue weighted by Gasteiger charge is -2.33. The zero-order chi connectivity index (χ0) is 21.8. The molecule has 31 heavy (non-hydrogen) atoms. The van der Waals surface area contributed by atoms with Crippen LogP contribution in [0.1, 0.15) is 42.1 Å². The number of nitrogens with zero attached hydrogens (tertiary/aromatic N) is 1. The molecule has 2 aliphatic heterocycles. The Morgan fingerprint density at radius 1 is 1.29 bits per heavy atom. The summed E-state index contributed by atoms with van der Waals surface area (Å²) in [6.45, 7) is 4.83. The Balaban J connectivity index is 1.39. The zero-order valence-corrected chi connectivity index (χ0v) is 19.1. The van der Waals surface area contributed by atoms with Crippen LogP contribution in [0.15, 0.2) is 52.3 Å². The fourth-order valence-corrected chi connectivity index (χ4v) is 5.08. The average molecular weight is 456 g/mol. The normalized spacial score (nSPS) is 20.3. The largest absolute Gasteiger partial charge is 0.351 e. The van der Waals surface area contributed by atoms with E-state index in [1.54, 1.807) is 18.2 Å². The summed E-state index contributed by atoms with van der Waals surface area (Å²) in [5.41, 5.74) is 2.08. The Labute approximate surface area is 192 Å². The number of rotatable bonds is 5. The van der Waals surface area contributed by atoms with E-state index in [0.717, 1.165) is 23.5 Å². The van der Waals surface area contributed by atoms with Gasteiger partial charge in [0.1, 0.15) is 0 Å². The highest BCUT2D eigenvalue weighted by molar-refractivity contribution is 8.04. The van der Waals surface area contributed by atoms with Crippen molar-refractivity contribution in [1.29, 1.82) is 0 Å². The summed E-state index contributed by atoms with van der Waals surface area (Å²) in [6, 6.07) is 13.4. The fourth-order valence-electron chi connectivity index (χ4n) is 3.95. The lowest BCUT2D eigenvalue weighted by atomic mass is 10.0. The van der Waals surface area contributed by atoms with E-state index in [-0.39, 0.29) is 11.8 Å². The molecule has 0 aromatic heterocycles. The minimum absolute atomic E-state index is 0.119. The van der Waals surface area contributed by atoms with E-state index in [1.807, 2.05) is 30.3 Å². The van der Waals surface area contributed by atoms with Gasteiger partial charge in [0.15, 0.2) is 0 Å². The SMILES string of the molecule is C[C@@H]1CCCCN1CCNC(=O)c1ccc2c(c1)NC(=O)/C(=C\c1cccc(Cl)c1)S2. The molecule has 1 atom stereocenters. The summed E-state index contributed by atoms with van der Waals surface area (Å²) < 4.78 is 0. The van der Waals surface area contributed by atoms with E-state index in [0.29, 0.717) is 33.8 Å². The fraction of sp³-hybridized carbons (Fsp3) is 0.333. The van der Waals surface area contributed by atoms with Gasteiger partial charge < -0.3 is 10.6 Å². The van der Waals surface area contributed by atoms with Gasteiger partial charge in [-0.25, -0.2) is 0 Å². The molecule has 2 aromatic carbocycles. The van der Waals surface area contributed by atoms with Gasteiger partial charge in [0.05, 0.1) is 10.6 Å². The van der Waals surface area contributed by atoms with Gasteiger partial charge in [0, 0.05) is 34.6 Å². The van der Waals surface area contributed by atoms with Crippen LogP contribution in [0.4, 0.5) is 5.69 Å². The van der Waals surface area contributed by atoms with Gasteiger partial charge in [-0.3, -0.25) is 14.5 Å². The Morgan fingerprint density at radius 3 is 2.97 bits per heavy atom. The van der Waals surface area contributed by atoms with E-state index >= 15 is 0 Å². The van der Waals surface area contributed by atoms with Crippen molar-refractivity contribution in [2.24, 2.45) is 0 Å². The standard InChI is InChI=1S/C24H26ClN3O2S/c1-16-5-2-3-11-28(16)12-10-26-23(29)18-8-9-21-20(15-18)27-24(30)22(31-21)14-17-6-4-7-19(25)13-17/h4,6-9,13-16H,2-3,5,10-12H2,1H3,(H,26,29)(H,27,30)/b22-14+/t16-/m1/s1. The first-order valence-corrected chi connectivity index (χ1v) is 11.8. The molecule has 0 saturated carbocycles. The average Bonchev–Trinajstić information content (AvgIpc) is 2.75. The Bertz CT molecular complexity index is 1020. The number of benzene rings is 2. The van der Waals surface area contributed by atoms with E-state index in [9.17, 15) is 9.59 Å². The third-order valence-corrected chi connectivity index (χ3v) is 7.04. The van der Waals surface area contributed by atoms with E-state index in [1.165, 1.54) is 31.0 Å². The molecular weight excluding hydrogens is 430 g/mol. The Morgan fingerprint density at radius 2 is 2.16 bits per heavy atom. The minimum Gasteiger partial charge on any atom is -0.351 e. The molecule has 162 valence electrons. The Kier molecular flexibility index (Phi) is 7.00. The third-order valence-electron chi connectivity index (χ3n) is 5.71. The number of carbonyl (C=O) groups excluding carboxylic acids is 2. The number of fused-ring (bicyclic) bond motifs is 1. The molecule has 0 unspecified atom stereocenters. The highest BCUT2D eigenvalue weighted by Crippen LogP contribution is 2.39. The van der Waals surface area contributed by atoms with Crippen LogP contribution in [0, 0.1) is 0 Å². The van der Waals surface area contributed by atoms with Gasteiger partial charge in [-0.05, 0) is 68.3 Å². The zero-order valence-electron chi connectivity index (χ0n) is 17.5. The molecule has 2 aromatic rings. The molecule has 0 aliphatic carbocycles. The molecule has 2 heterocycles. The summed E-state index contributed by atoms with van der Waals surface area (Å²) in [7, 11) is 0. The molecule has 4 rings (SSSR count). The second-order valence-corrected chi connectivity index (χ2v) is 9.49. The molecule has 2 amide bonds. The summed E-state index contributed by atoms with van der Waals surface area (Å²) in [5.74, 6) is -0.305. The van der Waals surface area contributed by atoms with Gasteiger partial charge in [-0.15, -0.1) is 0 Å². The van der Waals surface area contributed by atoms with Crippen molar-refractivity contribution < 1.29 is 9.59 Å². The second-order valence-electron chi connectivity index (χ2n) is 7.97. The number of anilines is 1. The summed E-state index contributed by atoms with van der Waals surface area (Å²) >= 11 is 7.43. The van der Waals surface area contributed by atoms with Gasteiger partial charge in [-0.2, -0.15) is 0 Å². The highest BCUT2D eigenvalue weighted by Gasteiger charge is 2.23.